The molecule has 1 saturated carbocycles. The first-order valence-corrected chi connectivity index (χ1v) is 14.3. The van der Waals surface area contributed by atoms with Crippen molar-refractivity contribution in [1.82, 2.24) is 4.90 Å². The standard InChI is InChI=1S/C31H43ClN2O3/c1-22-8-5-9-23(18-22)19-27-28(11-6-12-29(27)32)31(36,15-3-4-17-37-2)25-10-7-16-34(21-25)30(35)24-13-14-26(33)20-24/h5-6,8-9,11-12,18,24-26,36H,3-4,7,10,13-17,19-21,33H2,1-2H3/t24?,25-,26?,31+/m1/s1. The van der Waals surface area contributed by atoms with Gasteiger partial charge in [-0.2, -0.15) is 0 Å². The van der Waals surface area contributed by atoms with Gasteiger partial charge < -0.3 is 20.5 Å². The maximum absolute atomic E-state index is 13.4. The lowest BCUT2D eigenvalue weighted by Crippen LogP contribution is -2.49. The number of aryl methyl sites for hydroxylation is 1. The molecule has 202 valence electrons. The van der Waals surface area contributed by atoms with E-state index in [0.29, 0.717) is 31.0 Å². The summed E-state index contributed by atoms with van der Waals surface area (Å²) in [5, 5.41) is 13.3. The Bertz CT molecular complexity index is 1060. The van der Waals surface area contributed by atoms with Gasteiger partial charge in [-0.1, -0.05) is 53.6 Å². The molecule has 0 bridgehead atoms. The number of ether oxygens (including phenoxy) is 1. The molecule has 1 heterocycles. The van der Waals surface area contributed by atoms with Crippen molar-refractivity contribution in [1.29, 1.82) is 0 Å². The molecule has 1 aliphatic carbocycles. The lowest BCUT2D eigenvalue weighted by Gasteiger charge is -2.44. The van der Waals surface area contributed by atoms with Crippen molar-refractivity contribution >= 4 is 17.5 Å². The van der Waals surface area contributed by atoms with Gasteiger partial charge in [0.25, 0.3) is 0 Å². The van der Waals surface area contributed by atoms with E-state index in [0.717, 1.165) is 62.6 Å². The minimum Gasteiger partial charge on any atom is -0.385 e. The van der Waals surface area contributed by atoms with Crippen LogP contribution in [0.2, 0.25) is 5.02 Å². The highest BCUT2D eigenvalue weighted by atomic mass is 35.5. The minimum absolute atomic E-state index is 0.0200. The summed E-state index contributed by atoms with van der Waals surface area (Å²) in [5.41, 5.74) is 9.30. The summed E-state index contributed by atoms with van der Waals surface area (Å²) < 4.78 is 5.29. The number of aliphatic hydroxyl groups is 1. The summed E-state index contributed by atoms with van der Waals surface area (Å²) in [6.07, 6.45) is 7.32. The monoisotopic (exact) mass is 526 g/mol. The number of halogens is 1. The predicted octanol–water partition coefficient (Wildman–Crippen LogP) is 5.61. The van der Waals surface area contributed by atoms with E-state index in [9.17, 15) is 9.90 Å². The van der Waals surface area contributed by atoms with Gasteiger partial charge in [-0.25, -0.2) is 0 Å². The Labute approximate surface area is 227 Å². The summed E-state index contributed by atoms with van der Waals surface area (Å²) in [6, 6.07) is 14.5. The van der Waals surface area contributed by atoms with Gasteiger partial charge in [0.05, 0.1) is 5.60 Å². The highest BCUT2D eigenvalue weighted by Crippen LogP contribution is 2.43. The molecular formula is C31H43ClN2O3. The summed E-state index contributed by atoms with van der Waals surface area (Å²) in [6.45, 7) is 4.08. The number of hydrogen-bond donors (Lipinski definition) is 2. The molecule has 5 nitrogen and oxygen atoms in total. The van der Waals surface area contributed by atoms with Crippen LogP contribution in [0.1, 0.15) is 73.6 Å². The Morgan fingerprint density at radius 1 is 1.19 bits per heavy atom. The number of nitrogens with two attached hydrogens (primary N) is 1. The van der Waals surface area contributed by atoms with E-state index in [-0.39, 0.29) is 23.8 Å². The average molecular weight is 527 g/mol. The zero-order valence-corrected chi connectivity index (χ0v) is 23.2. The largest absolute Gasteiger partial charge is 0.385 e. The van der Waals surface area contributed by atoms with E-state index in [1.807, 2.05) is 23.1 Å². The maximum Gasteiger partial charge on any atom is 0.225 e. The fraction of sp³-hybridized carbons (Fsp3) is 0.581. The van der Waals surface area contributed by atoms with Crippen LogP contribution in [0.25, 0.3) is 0 Å². The third kappa shape index (κ3) is 6.75. The molecule has 0 spiro atoms. The number of piperidine rings is 1. The summed E-state index contributed by atoms with van der Waals surface area (Å²) in [7, 11) is 1.71. The number of carbonyl (C=O) groups excluding carboxylic acids is 1. The Balaban J connectivity index is 1.65. The van der Waals surface area contributed by atoms with Crippen molar-refractivity contribution in [2.24, 2.45) is 17.6 Å². The summed E-state index contributed by atoms with van der Waals surface area (Å²) in [5.74, 6) is 0.176. The predicted molar refractivity (Wildman–Crippen MR) is 150 cm³/mol. The van der Waals surface area contributed by atoms with E-state index in [2.05, 4.69) is 31.2 Å². The Hall–Kier alpha value is -1.92. The summed E-state index contributed by atoms with van der Waals surface area (Å²) >= 11 is 6.82. The maximum atomic E-state index is 13.4. The van der Waals surface area contributed by atoms with Crippen molar-refractivity contribution in [2.45, 2.75) is 76.4 Å². The molecule has 3 N–H and O–H groups in total. The highest BCUT2D eigenvalue weighted by molar-refractivity contribution is 6.31. The number of carbonyl (C=O) groups is 1. The van der Waals surface area contributed by atoms with Gasteiger partial charge in [0.1, 0.15) is 0 Å². The van der Waals surface area contributed by atoms with Crippen LogP contribution in [0.4, 0.5) is 0 Å². The Morgan fingerprint density at radius 2 is 2.00 bits per heavy atom. The molecule has 6 heteroatoms. The Kier molecular flexibility index (Phi) is 9.68. The van der Waals surface area contributed by atoms with Gasteiger partial charge in [0.2, 0.25) is 5.91 Å². The van der Waals surface area contributed by atoms with Gasteiger partial charge in [-0.15, -0.1) is 0 Å². The molecule has 4 atom stereocenters. The molecule has 4 rings (SSSR count). The lowest BCUT2D eigenvalue weighted by atomic mass is 9.72. The number of hydrogen-bond acceptors (Lipinski definition) is 4. The number of rotatable bonds is 10. The number of amides is 1. The first kappa shape index (κ1) is 28.1. The van der Waals surface area contributed by atoms with Crippen LogP contribution in [-0.4, -0.2) is 48.8 Å². The van der Waals surface area contributed by atoms with Crippen LogP contribution in [0.3, 0.4) is 0 Å². The Morgan fingerprint density at radius 3 is 2.73 bits per heavy atom. The molecule has 1 amide bonds. The van der Waals surface area contributed by atoms with Crippen LogP contribution in [-0.2, 0) is 21.6 Å². The average Bonchev–Trinajstić information content (AvgIpc) is 3.33. The minimum atomic E-state index is -1.08. The quantitative estimate of drug-likeness (QED) is 0.394. The molecular weight excluding hydrogens is 484 g/mol. The molecule has 2 fully saturated rings. The van der Waals surface area contributed by atoms with Crippen molar-refractivity contribution in [3.63, 3.8) is 0 Å². The molecule has 0 aromatic heterocycles. The molecule has 2 aromatic carbocycles. The zero-order chi connectivity index (χ0) is 26.4. The highest BCUT2D eigenvalue weighted by Gasteiger charge is 2.43. The van der Waals surface area contributed by atoms with Crippen LogP contribution >= 0.6 is 11.6 Å². The fourth-order valence-electron chi connectivity index (χ4n) is 6.44. The van der Waals surface area contributed by atoms with E-state index in [4.69, 9.17) is 22.1 Å². The third-order valence-corrected chi connectivity index (χ3v) is 8.79. The smallest absolute Gasteiger partial charge is 0.225 e. The second-order valence-electron chi connectivity index (χ2n) is 11.2. The zero-order valence-electron chi connectivity index (χ0n) is 22.4. The lowest BCUT2D eigenvalue weighted by molar-refractivity contribution is -0.141. The number of likely N-dealkylation sites (tertiary alicyclic amines) is 1. The first-order valence-electron chi connectivity index (χ1n) is 13.9. The van der Waals surface area contributed by atoms with Crippen molar-refractivity contribution in [2.75, 3.05) is 26.8 Å². The molecule has 2 unspecified atom stereocenters. The molecule has 0 radical (unpaired) electrons. The van der Waals surface area contributed by atoms with Crippen molar-refractivity contribution in [3.8, 4) is 0 Å². The first-order chi connectivity index (χ1) is 17.8. The van der Waals surface area contributed by atoms with Crippen molar-refractivity contribution < 1.29 is 14.6 Å². The molecule has 1 aliphatic heterocycles. The fourth-order valence-corrected chi connectivity index (χ4v) is 6.68. The van der Waals surface area contributed by atoms with E-state index >= 15 is 0 Å². The number of unbranched alkanes of at least 4 members (excludes halogenated alkanes) is 1. The number of nitrogens with zero attached hydrogens (tertiary/aromatic N) is 1. The van der Waals surface area contributed by atoms with Gasteiger partial charge >= 0.3 is 0 Å². The number of methoxy groups -OCH3 is 1. The van der Waals surface area contributed by atoms with E-state index in [1.165, 1.54) is 11.1 Å². The van der Waals surface area contributed by atoms with E-state index in [1.54, 1.807) is 7.11 Å². The second-order valence-corrected chi connectivity index (χ2v) is 11.6. The molecule has 1 saturated heterocycles. The topological polar surface area (TPSA) is 75.8 Å². The SMILES string of the molecule is COCCCC[C@@](O)(c1cccc(Cl)c1Cc1cccc(C)c1)[C@@H]1CCCN(C(=O)C2CCC(N)C2)C1. The normalized spacial score (nSPS) is 23.7. The van der Waals surface area contributed by atoms with E-state index < -0.39 is 5.60 Å². The van der Waals surface area contributed by atoms with Crippen LogP contribution in [0.5, 0.6) is 0 Å². The van der Waals surface area contributed by atoms with Gasteiger partial charge in [-0.05, 0) is 87.5 Å². The van der Waals surface area contributed by atoms with Crippen LogP contribution in [0, 0.1) is 18.8 Å². The number of benzene rings is 2. The molecule has 2 aliphatic rings. The van der Waals surface area contributed by atoms with Crippen LogP contribution < -0.4 is 5.73 Å². The van der Waals surface area contributed by atoms with Gasteiger partial charge in [0, 0.05) is 49.7 Å². The molecule has 2 aromatic rings. The van der Waals surface area contributed by atoms with Gasteiger partial charge in [0.15, 0.2) is 0 Å². The van der Waals surface area contributed by atoms with Crippen molar-refractivity contribution in [3.05, 3.63) is 69.7 Å². The summed E-state index contributed by atoms with van der Waals surface area (Å²) in [4.78, 5) is 15.4. The van der Waals surface area contributed by atoms with Crippen LogP contribution in [0.15, 0.2) is 42.5 Å². The third-order valence-electron chi connectivity index (χ3n) is 8.44. The molecule has 37 heavy (non-hydrogen) atoms. The second kappa shape index (κ2) is 12.8. The van der Waals surface area contributed by atoms with Gasteiger partial charge in [-0.3, -0.25) is 4.79 Å².